The second kappa shape index (κ2) is 6.26. The van der Waals surface area contributed by atoms with Crippen LogP contribution in [0, 0.1) is 5.92 Å². The molecule has 1 saturated carbocycles. The van der Waals surface area contributed by atoms with Gasteiger partial charge in [0, 0.05) is 19.0 Å². The van der Waals surface area contributed by atoms with Crippen LogP contribution in [-0.4, -0.2) is 43.3 Å². The van der Waals surface area contributed by atoms with Crippen molar-refractivity contribution in [2.75, 3.05) is 18.8 Å². The molecule has 7 heteroatoms. The Kier molecular flexibility index (Phi) is 4.64. The lowest BCUT2D eigenvalue weighted by Crippen LogP contribution is -2.35. The molecule has 1 amide bonds. The number of rotatable bonds is 2. The lowest BCUT2D eigenvalue weighted by atomic mass is 10.1. The maximum Gasteiger partial charge on any atom is 0.226 e. The molecule has 1 aromatic carbocycles. The highest BCUT2D eigenvalue weighted by Crippen LogP contribution is 2.49. The molecule has 1 aromatic rings. The average Bonchev–Trinajstić information content (AvgIpc) is 3.30. The second-order valence-corrected chi connectivity index (χ2v) is 9.77. The highest BCUT2D eigenvalue weighted by molar-refractivity contribution is 7.92. The van der Waals surface area contributed by atoms with Crippen LogP contribution in [-0.2, 0) is 14.6 Å². The van der Waals surface area contributed by atoms with Crippen LogP contribution in [0.4, 0.5) is 0 Å². The van der Waals surface area contributed by atoms with Crippen molar-refractivity contribution in [2.45, 2.75) is 30.9 Å². The third kappa shape index (κ3) is 3.52. The van der Waals surface area contributed by atoms with Crippen molar-refractivity contribution >= 4 is 38.9 Å². The first-order valence-electron chi connectivity index (χ1n) is 7.75. The first-order valence-corrected chi connectivity index (χ1v) is 10.2. The number of hydrogen-bond acceptors (Lipinski definition) is 3. The molecular weight excluding hydrogens is 357 g/mol. The van der Waals surface area contributed by atoms with E-state index >= 15 is 0 Å². The molecule has 126 valence electrons. The number of hydrogen-bond donors (Lipinski definition) is 0. The van der Waals surface area contributed by atoms with Gasteiger partial charge in [-0.3, -0.25) is 4.79 Å². The maximum absolute atomic E-state index is 12.6. The first-order chi connectivity index (χ1) is 10.8. The fourth-order valence-electron chi connectivity index (χ4n) is 3.10. The molecule has 0 N–H and O–H groups in total. The third-order valence-corrected chi connectivity index (χ3v) is 7.81. The molecule has 1 aliphatic carbocycles. The van der Waals surface area contributed by atoms with Gasteiger partial charge in [0.25, 0.3) is 0 Å². The fraction of sp³-hybridized carbons (Fsp3) is 0.562. The maximum atomic E-state index is 12.6. The van der Waals surface area contributed by atoms with Gasteiger partial charge in [0.2, 0.25) is 5.91 Å². The summed E-state index contributed by atoms with van der Waals surface area (Å²) in [6.07, 6.45) is 1.30. The Labute approximate surface area is 146 Å². The van der Waals surface area contributed by atoms with E-state index in [2.05, 4.69) is 0 Å². The van der Waals surface area contributed by atoms with Crippen LogP contribution in [0.15, 0.2) is 18.2 Å². The van der Waals surface area contributed by atoms with Gasteiger partial charge in [0.1, 0.15) is 0 Å². The largest absolute Gasteiger partial charge is 0.341 e. The molecule has 0 spiro atoms. The second-order valence-electron chi connectivity index (χ2n) is 6.41. The number of sulfone groups is 1. The number of nitrogens with zero attached hydrogens (tertiary/aromatic N) is 1. The van der Waals surface area contributed by atoms with Crippen molar-refractivity contribution in [1.29, 1.82) is 0 Å². The molecule has 3 unspecified atom stereocenters. The van der Waals surface area contributed by atoms with E-state index in [4.69, 9.17) is 23.2 Å². The van der Waals surface area contributed by atoms with Crippen molar-refractivity contribution < 1.29 is 13.2 Å². The molecule has 0 radical (unpaired) electrons. The van der Waals surface area contributed by atoms with Gasteiger partial charge < -0.3 is 4.90 Å². The highest BCUT2D eigenvalue weighted by Gasteiger charge is 2.46. The van der Waals surface area contributed by atoms with E-state index in [0.717, 1.165) is 12.0 Å². The van der Waals surface area contributed by atoms with Crippen LogP contribution in [0.5, 0.6) is 0 Å². The van der Waals surface area contributed by atoms with Crippen molar-refractivity contribution in [3.63, 3.8) is 0 Å². The molecule has 23 heavy (non-hydrogen) atoms. The van der Waals surface area contributed by atoms with Crippen molar-refractivity contribution in [3.8, 4) is 0 Å². The monoisotopic (exact) mass is 375 g/mol. The van der Waals surface area contributed by atoms with Gasteiger partial charge in [-0.15, -0.1) is 0 Å². The summed E-state index contributed by atoms with van der Waals surface area (Å²) < 4.78 is 23.9. The number of halogens is 2. The van der Waals surface area contributed by atoms with Crippen LogP contribution >= 0.6 is 23.2 Å². The Morgan fingerprint density at radius 2 is 1.96 bits per heavy atom. The lowest BCUT2D eigenvalue weighted by molar-refractivity contribution is -0.132. The Hall–Kier alpha value is -0.780. The Balaban J connectivity index is 1.67. The predicted octanol–water partition coefficient (Wildman–Crippen LogP) is 3.13. The molecule has 1 aliphatic heterocycles. The Bertz CT molecular complexity index is 735. The molecule has 0 bridgehead atoms. The number of carbonyl (C=O) groups excluding carboxylic acids is 1. The van der Waals surface area contributed by atoms with E-state index in [9.17, 15) is 13.2 Å². The van der Waals surface area contributed by atoms with Crippen LogP contribution in [0.1, 0.15) is 31.2 Å². The summed E-state index contributed by atoms with van der Waals surface area (Å²) in [5.41, 5.74) is 1.02. The van der Waals surface area contributed by atoms with E-state index in [-0.39, 0.29) is 28.7 Å². The van der Waals surface area contributed by atoms with Crippen LogP contribution in [0.3, 0.4) is 0 Å². The molecule has 1 saturated heterocycles. The minimum atomic E-state index is -3.07. The minimum absolute atomic E-state index is 0.0596. The Morgan fingerprint density at radius 1 is 1.22 bits per heavy atom. The highest BCUT2D eigenvalue weighted by atomic mass is 35.5. The van der Waals surface area contributed by atoms with Crippen LogP contribution in [0.2, 0.25) is 10.0 Å². The van der Waals surface area contributed by atoms with E-state index in [0.29, 0.717) is 29.6 Å². The SMILES string of the molecule is CC1CCN(C(=O)C2CC2c2ccc(Cl)c(Cl)c2)CCS1(=O)=O. The van der Waals surface area contributed by atoms with Crippen molar-refractivity contribution in [3.05, 3.63) is 33.8 Å². The topological polar surface area (TPSA) is 54.5 Å². The molecule has 2 aliphatic rings. The van der Waals surface area contributed by atoms with Gasteiger partial charge in [-0.05, 0) is 43.4 Å². The van der Waals surface area contributed by atoms with E-state index in [1.807, 2.05) is 12.1 Å². The molecule has 1 heterocycles. The Morgan fingerprint density at radius 3 is 2.65 bits per heavy atom. The number of amides is 1. The van der Waals surface area contributed by atoms with E-state index < -0.39 is 9.84 Å². The summed E-state index contributed by atoms with van der Waals surface area (Å²) >= 11 is 12.0. The average molecular weight is 376 g/mol. The van der Waals surface area contributed by atoms with Crippen molar-refractivity contribution in [2.24, 2.45) is 5.92 Å². The molecule has 0 aromatic heterocycles. The molecule has 3 rings (SSSR count). The summed E-state index contributed by atoms with van der Waals surface area (Å²) in [5.74, 6) is 0.215. The van der Waals surface area contributed by atoms with Gasteiger partial charge in [-0.1, -0.05) is 29.3 Å². The van der Waals surface area contributed by atoms with Crippen LogP contribution in [0.25, 0.3) is 0 Å². The molecule has 3 atom stereocenters. The first kappa shape index (κ1) is 17.1. The summed E-state index contributed by atoms with van der Waals surface area (Å²) in [5, 5.41) is 0.632. The van der Waals surface area contributed by atoms with E-state index in [1.165, 1.54) is 0 Å². The van der Waals surface area contributed by atoms with Gasteiger partial charge in [0.15, 0.2) is 9.84 Å². The summed E-state index contributed by atoms with van der Waals surface area (Å²) in [4.78, 5) is 14.4. The fourth-order valence-corrected chi connectivity index (χ4v) is 4.75. The standard InChI is InChI=1S/C16H19Cl2NO3S/c1-10-4-5-19(6-7-23(10,21)22)16(20)13-9-12(13)11-2-3-14(17)15(18)8-11/h2-3,8,10,12-13H,4-7,9H2,1H3. The zero-order chi connectivity index (χ0) is 16.8. The smallest absolute Gasteiger partial charge is 0.226 e. The summed E-state index contributed by atoms with van der Waals surface area (Å²) in [6, 6.07) is 5.47. The molecule has 2 fully saturated rings. The zero-order valence-electron chi connectivity index (χ0n) is 12.8. The summed E-state index contributed by atoms with van der Waals surface area (Å²) in [7, 11) is -3.07. The zero-order valence-corrected chi connectivity index (χ0v) is 15.2. The van der Waals surface area contributed by atoms with Crippen molar-refractivity contribution in [1.82, 2.24) is 4.90 Å². The third-order valence-electron chi connectivity index (χ3n) is 4.86. The number of benzene rings is 1. The predicted molar refractivity (Wildman–Crippen MR) is 91.8 cm³/mol. The quantitative estimate of drug-likeness (QED) is 0.797. The molecular formula is C16H19Cl2NO3S. The van der Waals surface area contributed by atoms with Gasteiger partial charge >= 0.3 is 0 Å². The molecule has 4 nitrogen and oxygen atoms in total. The lowest BCUT2D eigenvalue weighted by Gasteiger charge is -2.20. The van der Waals surface area contributed by atoms with E-state index in [1.54, 1.807) is 17.9 Å². The van der Waals surface area contributed by atoms with Crippen LogP contribution < -0.4 is 0 Å². The normalized spacial score (nSPS) is 29.9. The van der Waals surface area contributed by atoms with Gasteiger partial charge in [0.05, 0.1) is 21.0 Å². The van der Waals surface area contributed by atoms with Gasteiger partial charge in [-0.25, -0.2) is 8.42 Å². The summed E-state index contributed by atoms with van der Waals surface area (Å²) in [6.45, 7) is 2.54. The minimum Gasteiger partial charge on any atom is -0.341 e. The number of carbonyl (C=O) groups is 1. The van der Waals surface area contributed by atoms with Gasteiger partial charge in [-0.2, -0.15) is 0 Å².